The molecule has 2 N–H and O–H groups in total. The van der Waals surface area contributed by atoms with Crippen LogP contribution in [0.25, 0.3) is 0 Å². The van der Waals surface area contributed by atoms with Crippen LogP contribution in [0.4, 0.5) is 0 Å². The first-order valence-corrected chi connectivity index (χ1v) is 4.33. The highest BCUT2D eigenvalue weighted by Gasteiger charge is 2.03. The number of likely N-dealkylation sites (N-methyl/N-ethyl adjacent to an activating group) is 1. The van der Waals surface area contributed by atoms with Gasteiger partial charge in [0.1, 0.15) is 0 Å². The van der Waals surface area contributed by atoms with E-state index in [0.717, 1.165) is 0 Å². The topological polar surface area (TPSA) is 60.8 Å². The monoisotopic (exact) mass is 187 g/mol. The van der Waals surface area contributed by atoms with Crippen molar-refractivity contribution in [3.05, 3.63) is 11.6 Å². The highest BCUT2D eigenvalue weighted by molar-refractivity contribution is 5.86. The van der Waals surface area contributed by atoms with Crippen molar-refractivity contribution in [2.24, 2.45) is 0 Å². The van der Waals surface area contributed by atoms with Crippen LogP contribution >= 0.6 is 0 Å². The Labute approximate surface area is 78.5 Å². The standard InChI is InChI=1S/C9H17NO3/c1-3-8(9(12)13)4-5-10(2)6-7-11/h4,11H,3,5-7H2,1-2H3,(H,12,13). The van der Waals surface area contributed by atoms with E-state index in [4.69, 9.17) is 10.2 Å². The average molecular weight is 187 g/mol. The molecule has 0 saturated carbocycles. The van der Waals surface area contributed by atoms with E-state index in [9.17, 15) is 4.79 Å². The molecule has 4 heteroatoms. The Kier molecular flexibility index (Phi) is 6.18. The number of nitrogens with zero attached hydrogens (tertiary/aromatic N) is 1. The SMILES string of the molecule is CCC(=CCN(C)CCO)C(=O)O. The van der Waals surface area contributed by atoms with Crippen LogP contribution in [0.2, 0.25) is 0 Å². The van der Waals surface area contributed by atoms with E-state index >= 15 is 0 Å². The van der Waals surface area contributed by atoms with Crippen molar-refractivity contribution in [2.45, 2.75) is 13.3 Å². The highest BCUT2D eigenvalue weighted by atomic mass is 16.4. The summed E-state index contributed by atoms with van der Waals surface area (Å²) in [4.78, 5) is 12.4. The summed E-state index contributed by atoms with van der Waals surface area (Å²) >= 11 is 0. The molecule has 0 heterocycles. The van der Waals surface area contributed by atoms with Crippen LogP contribution < -0.4 is 0 Å². The predicted molar refractivity (Wildman–Crippen MR) is 50.6 cm³/mol. The van der Waals surface area contributed by atoms with Gasteiger partial charge in [-0.15, -0.1) is 0 Å². The number of hydrogen-bond acceptors (Lipinski definition) is 3. The summed E-state index contributed by atoms with van der Waals surface area (Å²) in [5.74, 6) is -0.861. The molecular formula is C9H17NO3. The third kappa shape index (κ3) is 5.38. The van der Waals surface area contributed by atoms with Crippen LogP contribution in [0.15, 0.2) is 11.6 Å². The van der Waals surface area contributed by atoms with E-state index < -0.39 is 5.97 Å². The fourth-order valence-corrected chi connectivity index (χ4v) is 0.911. The van der Waals surface area contributed by atoms with Crippen molar-refractivity contribution in [1.82, 2.24) is 4.90 Å². The van der Waals surface area contributed by atoms with Crippen LogP contribution in [0.3, 0.4) is 0 Å². The maximum atomic E-state index is 10.6. The van der Waals surface area contributed by atoms with Gasteiger partial charge in [0.2, 0.25) is 0 Å². The van der Waals surface area contributed by atoms with Gasteiger partial charge in [-0.1, -0.05) is 13.0 Å². The van der Waals surface area contributed by atoms with Crippen molar-refractivity contribution in [3.63, 3.8) is 0 Å². The summed E-state index contributed by atoms with van der Waals surface area (Å²) in [6, 6.07) is 0. The van der Waals surface area contributed by atoms with Gasteiger partial charge in [-0.2, -0.15) is 0 Å². The first-order valence-electron chi connectivity index (χ1n) is 4.33. The molecule has 0 rings (SSSR count). The summed E-state index contributed by atoms with van der Waals surface area (Å²) in [6.07, 6.45) is 2.21. The van der Waals surface area contributed by atoms with E-state index in [-0.39, 0.29) is 6.61 Å². The predicted octanol–water partition coefficient (Wildman–Crippen LogP) is 0.331. The molecule has 0 radical (unpaired) electrons. The molecule has 0 aromatic heterocycles. The molecule has 0 fully saturated rings. The van der Waals surface area contributed by atoms with Crippen molar-refractivity contribution in [3.8, 4) is 0 Å². The van der Waals surface area contributed by atoms with Gasteiger partial charge in [0, 0.05) is 18.7 Å². The second-order valence-electron chi connectivity index (χ2n) is 2.87. The molecule has 0 aromatic rings. The van der Waals surface area contributed by atoms with Gasteiger partial charge in [-0.25, -0.2) is 4.79 Å². The van der Waals surface area contributed by atoms with Crippen LogP contribution in [0.1, 0.15) is 13.3 Å². The van der Waals surface area contributed by atoms with E-state index in [2.05, 4.69) is 0 Å². The molecule has 0 bridgehead atoms. The lowest BCUT2D eigenvalue weighted by molar-refractivity contribution is -0.132. The second kappa shape index (κ2) is 6.62. The Bertz CT molecular complexity index is 189. The lowest BCUT2D eigenvalue weighted by Crippen LogP contribution is -2.22. The number of carboxylic acids is 1. The largest absolute Gasteiger partial charge is 0.478 e. The molecule has 0 atom stereocenters. The number of aliphatic hydroxyl groups is 1. The van der Waals surface area contributed by atoms with Gasteiger partial charge in [-0.3, -0.25) is 0 Å². The molecule has 0 saturated heterocycles. The summed E-state index contributed by atoms with van der Waals surface area (Å²) < 4.78 is 0. The van der Waals surface area contributed by atoms with Crippen molar-refractivity contribution in [1.29, 1.82) is 0 Å². The highest BCUT2D eigenvalue weighted by Crippen LogP contribution is 2.00. The van der Waals surface area contributed by atoms with Crippen LogP contribution in [0, 0.1) is 0 Å². The molecule has 76 valence electrons. The Morgan fingerprint density at radius 1 is 1.54 bits per heavy atom. The molecule has 0 aliphatic rings. The van der Waals surface area contributed by atoms with Gasteiger partial charge >= 0.3 is 5.97 Å². The van der Waals surface area contributed by atoms with Crippen molar-refractivity contribution < 1.29 is 15.0 Å². The summed E-state index contributed by atoms with van der Waals surface area (Å²) in [5, 5.41) is 17.3. The van der Waals surface area contributed by atoms with Crippen molar-refractivity contribution in [2.75, 3.05) is 26.7 Å². The van der Waals surface area contributed by atoms with Crippen LogP contribution in [-0.4, -0.2) is 47.8 Å². The third-order valence-corrected chi connectivity index (χ3v) is 1.79. The molecule has 4 nitrogen and oxygen atoms in total. The molecule has 13 heavy (non-hydrogen) atoms. The number of carboxylic acid groups (broad SMARTS) is 1. The molecule has 0 amide bonds. The molecular weight excluding hydrogens is 170 g/mol. The van der Waals surface area contributed by atoms with E-state index in [0.29, 0.717) is 25.1 Å². The fourth-order valence-electron chi connectivity index (χ4n) is 0.911. The minimum absolute atomic E-state index is 0.0961. The molecule has 0 aliphatic carbocycles. The first kappa shape index (κ1) is 12.1. The van der Waals surface area contributed by atoms with Gasteiger partial charge in [0.05, 0.1) is 6.61 Å². The Morgan fingerprint density at radius 2 is 2.15 bits per heavy atom. The van der Waals surface area contributed by atoms with E-state index in [1.54, 1.807) is 6.08 Å². The minimum atomic E-state index is -0.861. The molecule has 0 aromatic carbocycles. The van der Waals surface area contributed by atoms with Gasteiger partial charge < -0.3 is 15.1 Å². The molecule has 0 unspecified atom stereocenters. The zero-order valence-corrected chi connectivity index (χ0v) is 8.16. The molecule has 0 aliphatic heterocycles. The second-order valence-corrected chi connectivity index (χ2v) is 2.87. The lowest BCUT2D eigenvalue weighted by atomic mass is 10.2. The first-order chi connectivity index (χ1) is 6.11. The lowest BCUT2D eigenvalue weighted by Gasteiger charge is -2.12. The van der Waals surface area contributed by atoms with Gasteiger partial charge in [0.15, 0.2) is 0 Å². The number of aliphatic carboxylic acids is 1. The smallest absolute Gasteiger partial charge is 0.331 e. The maximum Gasteiger partial charge on any atom is 0.331 e. The summed E-state index contributed by atoms with van der Waals surface area (Å²) in [7, 11) is 1.84. The normalized spacial score (nSPS) is 12.2. The van der Waals surface area contributed by atoms with Gasteiger partial charge in [0.25, 0.3) is 0 Å². The van der Waals surface area contributed by atoms with Crippen LogP contribution in [0.5, 0.6) is 0 Å². The van der Waals surface area contributed by atoms with E-state index in [1.165, 1.54) is 0 Å². The molecule has 0 spiro atoms. The number of hydrogen-bond donors (Lipinski definition) is 2. The number of rotatable bonds is 6. The van der Waals surface area contributed by atoms with Crippen LogP contribution in [-0.2, 0) is 4.79 Å². The Morgan fingerprint density at radius 3 is 2.54 bits per heavy atom. The minimum Gasteiger partial charge on any atom is -0.478 e. The zero-order valence-electron chi connectivity index (χ0n) is 8.16. The maximum absolute atomic E-state index is 10.6. The summed E-state index contributed by atoms with van der Waals surface area (Å²) in [5.41, 5.74) is 0.421. The van der Waals surface area contributed by atoms with Gasteiger partial charge in [-0.05, 0) is 13.5 Å². The third-order valence-electron chi connectivity index (χ3n) is 1.79. The quantitative estimate of drug-likeness (QED) is 0.588. The Hall–Kier alpha value is -0.870. The number of aliphatic hydroxyl groups excluding tert-OH is 1. The van der Waals surface area contributed by atoms with Crippen molar-refractivity contribution >= 4 is 5.97 Å². The number of carbonyl (C=O) groups is 1. The Balaban J connectivity index is 3.98. The average Bonchev–Trinajstić information content (AvgIpc) is 2.05. The summed E-state index contributed by atoms with van der Waals surface area (Å²) in [6.45, 7) is 3.04. The van der Waals surface area contributed by atoms with E-state index in [1.807, 2.05) is 18.9 Å². The zero-order chi connectivity index (χ0) is 10.3. The fraction of sp³-hybridized carbons (Fsp3) is 0.667.